The Hall–Kier alpha value is -1.57. The largest absolute Gasteiger partial charge is 0.378 e. The molecule has 2 saturated carbocycles. The number of nitrogens with zero attached hydrogens (tertiary/aromatic N) is 1. The third-order valence-electron chi connectivity index (χ3n) is 5.10. The predicted molar refractivity (Wildman–Crippen MR) is 88.4 cm³/mol. The molecular formula is C19H25NO. The van der Waals surface area contributed by atoms with Crippen LogP contribution >= 0.6 is 0 Å². The minimum atomic E-state index is 0.319. The lowest BCUT2D eigenvalue weighted by atomic mass is 9.88. The lowest BCUT2D eigenvalue weighted by molar-refractivity contribution is -0.119. The first-order chi connectivity index (χ1) is 10.1. The van der Waals surface area contributed by atoms with Gasteiger partial charge in [0.2, 0.25) is 0 Å². The molecule has 2 aliphatic rings. The van der Waals surface area contributed by atoms with Crippen molar-refractivity contribution >= 4 is 17.5 Å². The molecule has 0 amide bonds. The van der Waals surface area contributed by atoms with Crippen LogP contribution in [0.1, 0.15) is 44.1 Å². The van der Waals surface area contributed by atoms with Crippen molar-refractivity contribution in [3.63, 3.8) is 0 Å². The summed E-state index contributed by atoms with van der Waals surface area (Å²) in [5.41, 5.74) is 3.39. The van der Waals surface area contributed by atoms with E-state index in [0.717, 1.165) is 24.0 Å². The number of ketones is 1. The molecule has 1 aromatic rings. The van der Waals surface area contributed by atoms with E-state index in [-0.39, 0.29) is 0 Å². The maximum Gasteiger partial charge on any atom is 0.162 e. The van der Waals surface area contributed by atoms with Gasteiger partial charge in [0.15, 0.2) is 5.78 Å². The van der Waals surface area contributed by atoms with Gasteiger partial charge in [0.1, 0.15) is 0 Å². The summed E-state index contributed by atoms with van der Waals surface area (Å²) in [7, 11) is 4.08. The maximum absolute atomic E-state index is 12.6. The highest BCUT2D eigenvalue weighted by Gasteiger charge is 2.36. The summed E-state index contributed by atoms with van der Waals surface area (Å²) in [6.07, 6.45) is 9.32. The second kappa shape index (κ2) is 6.05. The molecule has 0 bridgehead atoms. The lowest BCUT2D eigenvalue weighted by Crippen LogP contribution is -2.16. The quantitative estimate of drug-likeness (QED) is 0.771. The third-order valence-corrected chi connectivity index (χ3v) is 5.10. The average Bonchev–Trinajstić information content (AvgIpc) is 3.10. The van der Waals surface area contributed by atoms with Crippen LogP contribution in [-0.4, -0.2) is 19.9 Å². The van der Waals surface area contributed by atoms with E-state index in [4.69, 9.17) is 0 Å². The summed E-state index contributed by atoms with van der Waals surface area (Å²) in [6.45, 7) is 0. The molecule has 0 unspecified atom stereocenters. The molecule has 1 aromatic carbocycles. The van der Waals surface area contributed by atoms with E-state index >= 15 is 0 Å². The van der Waals surface area contributed by atoms with Crippen molar-refractivity contribution in [2.24, 2.45) is 11.8 Å². The number of allylic oxidation sites excluding steroid dienone is 1. The van der Waals surface area contributed by atoms with Crippen molar-refractivity contribution in [3.8, 4) is 0 Å². The van der Waals surface area contributed by atoms with Gasteiger partial charge in [-0.05, 0) is 60.9 Å². The lowest BCUT2D eigenvalue weighted by Gasteiger charge is -2.15. The first-order valence-corrected chi connectivity index (χ1v) is 8.17. The molecule has 2 aliphatic carbocycles. The number of carbonyl (C=O) groups is 1. The molecule has 112 valence electrons. The van der Waals surface area contributed by atoms with Crippen LogP contribution in [0.5, 0.6) is 0 Å². The van der Waals surface area contributed by atoms with Crippen LogP contribution in [0.15, 0.2) is 29.8 Å². The average molecular weight is 283 g/mol. The summed E-state index contributed by atoms with van der Waals surface area (Å²) in [5.74, 6) is 1.41. The van der Waals surface area contributed by atoms with Crippen LogP contribution in [-0.2, 0) is 4.79 Å². The summed E-state index contributed by atoms with van der Waals surface area (Å²) in [5, 5.41) is 0. The van der Waals surface area contributed by atoms with Gasteiger partial charge in [-0.3, -0.25) is 4.79 Å². The van der Waals surface area contributed by atoms with E-state index in [1.54, 1.807) is 0 Å². The number of benzene rings is 1. The number of Topliss-reactive ketones (excluding diaryl/α,β-unsaturated/α-hetero) is 1. The molecule has 0 aromatic heterocycles. The Labute approximate surface area is 127 Å². The zero-order chi connectivity index (χ0) is 14.8. The highest BCUT2D eigenvalue weighted by molar-refractivity contribution is 6.03. The van der Waals surface area contributed by atoms with Gasteiger partial charge in [-0.2, -0.15) is 0 Å². The normalized spacial score (nSPS) is 25.0. The second-order valence-electron chi connectivity index (χ2n) is 6.71. The molecule has 0 N–H and O–H groups in total. The fourth-order valence-electron chi connectivity index (χ4n) is 3.83. The fraction of sp³-hybridized carbons (Fsp3) is 0.526. The van der Waals surface area contributed by atoms with Crippen LogP contribution in [0.4, 0.5) is 5.69 Å². The summed E-state index contributed by atoms with van der Waals surface area (Å²) >= 11 is 0. The zero-order valence-corrected chi connectivity index (χ0v) is 13.1. The highest BCUT2D eigenvalue weighted by atomic mass is 16.1. The van der Waals surface area contributed by atoms with Crippen LogP contribution in [0.25, 0.3) is 6.08 Å². The van der Waals surface area contributed by atoms with Gasteiger partial charge in [-0.25, -0.2) is 0 Å². The van der Waals surface area contributed by atoms with Crippen molar-refractivity contribution in [2.45, 2.75) is 38.5 Å². The van der Waals surface area contributed by atoms with Gasteiger partial charge < -0.3 is 4.90 Å². The van der Waals surface area contributed by atoms with Crippen molar-refractivity contribution < 1.29 is 4.79 Å². The van der Waals surface area contributed by atoms with E-state index in [2.05, 4.69) is 35.2 Å². The van der Waals surface area contributed by atoms with Crippen molar-refractivity contribution in [1.82, 2.24) is 0 Å². The summed E-state index contributed by atoms with van der Waals surface area (Å²) < 4.78 is 0. The Morgan fingerprint density at radius 2 is 1.71 bits per heavy atom. The monoisotopic (exact) mass is 283 g/mol. The molecule has 0 aliphatic heterocycles. The van der Waals surface area contributed by atoms with E-state index in [0.29, 0.717) is 17.6 Å². The van der Waals surface area contributed by atoms with Crippen molar-refractivity contribution in [3.05, 3.63) is 35.4 Å². The fourth-order valence-corrected chi connectivity index (χ4v) is 3.83. The van der Waals surface area contributed by atoms with Crippen LogP contribution in [0, 0.1) is 11.8 Å². The topological polar surface area (TPSA) is 20.3 Å². The SMILES string of the molecule is CN(C)c1ccc(/C=C2\CC[C@@H](C3CCCC3)C2=O)cc1. The van der Waals surface area contributed by atoms with Gasteiger partial charge in [0.25, 0.3) is 0 Å². The Kier molecular flexibility index (Phi) is 4.14. The molecule has 0 spiro atoms. The second-order valence-corrected chi connectivity index (χ2v) is 6.71. The molecule has 3 rings (SSSR count). The van der Waals surface area contributed by atoms with Gasteiger partial charge in [-0.15, -0.1) is 0 Å². The van der Waals surface area contributed by atoms with Crippen LogP contribution < -0.4 is 4.90 Å². The van der Waals surface area contributed by atoms with Crippen LogP contribution in [0.3, 0.4) is 0 Å². The molecule has 0 heterocycles. The number of hydrogen-bond donors (Lipinski definition) is 0. The third kappa shape index (κ3) is 3.04. The van der Waals surface area contributed by atoms with Crippen molar-refractivity contribution in [1.29, 1.82) is 0 Å². The van der Waals surface area contributed by atoms with Gasteiger partial charge >= 0.3 is 0 Å². The Morgan fingerprint density at radius 1 is 1.05 bits per heavy atom. The van der Waals surface area contributed by atoms with Crippen molar-refractivity contribution in [2.75, 3.05) is 19.0 Å². The van der Waals surface area contributed by atoms with Gasteiger partial charge in [0, 0.05) is 25.7 Å². The van der Waals surface area contributed by atoms with Crippen LogP contribution in [0.2, 0.25) is 0 Å². The zero-order valence-electron chi connectivity index (χ0n) is 13.1. The molecule has 1 atom stereocenters. The number of rotatable bonds is 3. The van der Waals surface area contributed by atoms with E-state index < -0.39 is 0 Å². The molecule has 21 heavy (non-hydrogen) atoms. The number of anilines is 1. The Bertz CT molecular complexity index is 535. The first kappa shape index (κ1) is 14.4. The van der Waals surface area contributed by atoms with E-state index in [9.17, 15) is 4.79 Å². The standard InChI is InChI=1S/C19H25NO/c1-20(2)17-10-7-14(8-11-17)13-16-9-12-18(19(16)21)15-5-3-4-6-15/h7-8,10-11,13,15,18H,3-6,9,12H2,1-2H3/b16-13+/t18-/m0/s1. The molecule has 2 fully saturated rings. The van der Waals surface area contributed by atoms with Gasteiger partial charge in [0.05, 0.1) is 0 Å². The predicted octanol–water partition coefficient (Wildman–Crippen LogP) is 4.31. The molecule has 0 saturated heterocycles. The molecule has 2 nitrogen and oxygen atoms in total. The minimum Gasteiger partial charge on any atom is -0.378 e. The van der Waals surface area contributed by atoms with Gasteiger partial charge in [-0.1, -0.05) is 25.0 Å². The maximum atomic E-state index is 12.6. The smallest absolute Gasteiger partial charge is 0.162 e. The highest BCUT2D eigenvalue weighted by Crippen LogP contribution is 2.40. The Morgan fingerprint density at radius 3 is 2.33 bits per heavy atom. The molecular weight excluding hydrogens is 258 g/mol. The van der Waals surface area contributed by atoms with E-state index in [1.807, 2.05) is 14.1 Å². The first-order valence-electron chi connectivity index (χ1n) is 8.17. The number of carbonyl (C=O) groups excluding carboxylic acids is 1. The van der Waals surface area contributed by atoms with E-state index in [1.165, 1.54) is 31.4 Å². The molecule has 2 heteroatoms. The molecule has 0 radical (unpaired) electrons. The number of hydrogen-bond acceptors (Lipinski definition) is 2. The summed E-state index contributed by atoms with van der Waals surface area (Å²) in [6, 6.07) is 8.44. The summed E-state index contributed by atoms with van der Waals surface area (Å²) in [4.78, 5) is 14.7. The minimum absolute atomic E-state index is 0.319. The Balaban J connectivity index is 1.73.